The molecule has 0 aromatic heterocycles. The molecule has 0 saturated carbocycles. The van der Waals surface area contributed by atoms with Gasteiger partial charge in [0.15, 0.2) is 0 Å². The Bertz CT molecular complexity index is 866. The average molecular weight is 254 g/mol. The van der Waals surface area contributed by atoms with Crippen LogP contribution in [0.15, 0.2) is 60.7 Å². The fourth-order valence-corrected chi connectivity index (χ4v) is 2.46. The summed E-state index contributed by atoms with van der Waals surface area (Å²) >= 11 is 0. The minimum atomic E-state index is 0.534. The summed E-state index contributed by atoms with van der Waals surface area (Å²) < 4.78 is 0. The molecule has 92 valence electrons. The van der Waals surface area contributed by atoms with Crippen LogP contribution in [0, 0.1) is 22.7 Å². The number of hydrogen-bond acceptors (Lipinski definition) is 2. The van der Waals surface area contributed by atoms with Crippen molar-refractivity contribution in [1.29, 1.82) is 10.5 Å². The first-order valence-corrected chi connectivity index (χ1v) is 6.26. The van der Waals surface area contributed by atoms with Crippen molar-refractivity contribution in [1.82, 2.24) is 0 Å². The van der Waals surface area contributed by atoms with Gasteiger partial charge in [-0.1, -0.05) is 54.6 Å². The molecule has 3 aromatic rings. The standard InChI is InChI=1S/C18H10N2/c19-11-15-10-14-8-4-5-9-16(14)17(12-20)18(15)13-6-2-1-3-7-13/h1-10H. The van der Waals surface area contributed by atoms with Crippen LogP contribution in [-0.4, -0.2) is 0 Å². The summed E-state index contributed by atoms with van der Waals surface area (Å²) in [6.07, 6.45) is 0. The van der Waals surface area contributed by atoms with Crippen molar-refractivity contribution in [2.45, 2.75) is 0 Å². The summed E-state index contributed by atoms with van der Waals surface area (Å²) in [5.41, 5.74) is 2.71. The normalized spacial score (nSPS) is 9.90. The van der Waals surface area contributed by atoms with Crippen molar-refractivity contribution in [3.63, 3.8) is 0 Å². The van der Waals surface area contributed by atoms with Gasteiger partial charge >= 0.3 is 0 Å². The van der Waals surface area contributed by atoms with E-state index in [1.807, 2.05) is 60.7 Å². The van der Waals surface area contributed by atoms with Crippen LogP contribution < -0.4 is 0 Å². The Hall–Kier alpha value is -3.10. The highest BCUT2D eigenvalue weighted by Gasteiger charge is 2.14. The Morgan fingerprint density at radius 1 is 0.750 bits per heavy atom. The van der Waals surface area contributed by atoms with E-state index in [-0.39, 0.29) is 0 Å². The van der Waals surface area contributed by atoms with E-state index < -0.39 is 0 Å². The summed E-state index contributed by atoms with van der Waals surface area (Å²) in [5, 5.41) is 20.7. The van der Waals surface area contributed by atoms with Crippen LogP contribution in [-0.2, 0) is 0 Å². The van der Waals surface area contributed by atoms with Crippen molar-refractivity contribution in [3.05, 3.63) is 71.8 Å². The van der Waals surface area contributed by atoms with Crippen LogP contribution in [0.25, 0.3) is 21.9 Å². The van der Waals surface area contributed by atoms with Gasteiger partial charge in [-0.2, -0.15) is 10.5 Å². The van der Waals surface area contributed by atoms with Gasteiger partial charge in [0, 0.05) is 10.9 Å². The van der Waals surface area contributed by atoms with E-state index in [0.717, 1.165) is 16.3 Å². The largest absolute Gasteiger partial charge is 0.192 e. The Kier molecular flexibility index (Phi) is 2.92. The van der Waals surface area contributed by atoms with Gasteiger partial charge in [-0.05, 0) is 17.0 Å². The lowest BCUT2D eigenvalue weighted by Crippen LogP contribution is -1.92. The van der Waals surface area contributed by atoms with Gasteiger partial charge in [-0.25, -0.2) is 0 Å². The maximum absolute atomic E-state index is 9.54. The van der Waals surface area contributed by atoms with Crippen molar-refractivity contribution < 1.29 is 0 Å². The smallest absolute Gasteiger partial charge is 0.100 e. The highest BCUT2D eigenvalue weighted by molar-refractivity contribution is 5.97. The first-order valence-electron chi connectivity index (χ1n) is 6.26. The maximum atomic E-state index is 9.54. The molecule has 0 spiro atoms. The van der Waals surface area contributed by atoms with E-state index in [2.05, 4.69) is 12.1 Å². The molecule has 0 aliphatic rings. The molecule has 0 unspecified atom stereocenters. The van der Waals surface area contributed by atoms with Crippen LogP contribution >= 0.6 is 0 Å². The van der Waals surface area contributed by atoms with E-state index in [4.69, 9.17) is 0 Å². The van der Waals surface area contributed by atoms with Crippen LogP contribution in [0.4, 0.5) is 0 Å². The van der Waals surface area contributed by atoms with Gasteiger partial charge in [0.25, 0.3) is 0 Å². The van der Waals surface area contributed by atoms with Crippen LogP contribution in [0.1, 0.15) is 11.1 Å². The lowest BCUT2D eigenvalue weighted by Gasteiger charge is -2.10. The van der Waals surface area contributed by atoms with E-state index in [1.54, 1.807) is 0 Å². The SMILES string of the molecule is N#Cc1cc2ccccc2c(C#N)c1-c1ccccc1. The maximum Gasteiger partial charge on any atom is 0.100 e. The third-order valence-corrected chi connectivity index (χ3v) is 3.34. The minimum Gasteiger partial charge on any atom is -0.192 e. The molecule has 0 saturated heterocycles. The second-order valence-corrected chi connectivity index (χ2v) is 4.48. The molecule has 3 aromatic carbocycles. The first kappa shape index (κ1) is 12.0. The summed E-state index contributed by atoms with van der Waals surface area (Å²) in [6, 6.07) is 23.6. The fourth-order valence-electron chi connectivity index (χ4n) is 2.46. The molecule has 20 heavy (non-hydrogen) atoms. The van der Waals surface area contributed by atoms with Gasteiger partial charge in [0.2, 0.25) is 0 Å². The summed E-state index contributed by atoms with van der Waals surface area (Å²) in [5.74, 6) is 0. The number of benzene rings is 3. The van der Waals surface area contributed by atoms with Crippen molar-refractivity contribution in [3.8, 4) is 23.3 Å². The third kappa shape index (κ3) is 1.81. The zero-order valence-corrected chi connectivity index (χ0v) is 10.7. The lowest BCUT2D eigenvalue weighted by atomic mass is 9.91. The molecule has 0 aliphatic carbocycles. The molecular formula is C18H10N2. The Labute approximate surface area is 117 Å². The predicted octanol–water partition coefficient (Wildman–Crippen LogP) is 4.25. The van der Waals surface area contributed by atoms with Gasteiger partial charge in [0.05, 0.1) is 17.2 Å². The molecule has 0 amide bonds. The average Bonchev–Trinajstić information content (AvgIpc) is 2.53. The molecule has 0 atom stereocenters. The Morgan fingerprint density at radius 3 is 2.15 bits per heavy atom. The van der Waals surface area contributed by atoms with E-state index in [1.165, 1.54) is 0 Å². The Morgan fingerprint density at radius 2 is 1.45 bits per heavy atom. The molecule has 0 radical (unpaired) electrons. The third-order valence-electron chi connectivity index (χ3n) is 3.34. The second kappa shape index (κ2) is 4.88. The minimum absolute atomic E-state index is 0.534. The highest BCUT2D eigenvalue weighted by atomic mass is 14.3. The molecule has 0 bridgehead atoms. The van der Waals surface area contributed by atoms with Gasteiger partial charge in [-0.15, -0.1) is 0 Å². The van der Waals surface area contributed by atoms with Gasteiger partial charge in [0.1, 0.15) is 6.07 Å². The van der Waals surface area contributed by atoms with Crippen LogP contribution in [0.5, 0.6) is 0 Å². The number of hydrogen-bond donors (Lipinski definition) is 0. The van der Waals surface area contributed by atoms with E-state index in [9.17, 15) is 10.5 Å². The van der Waals surface area contributed by atoms with Crippen LogP contribution in [0.2, 0.25) is 0 Å². The molecule has 3 rings (SSSR count). The number of nitrogens with zero attached hydrogens (tertiary/aromatic N) is 2. The van der Waals surface area contributed by atoms with Gasteiger partial charge < -0.3 is 0 Å². The Balaban J connectivity index is 2.48. The second-order valence-electron chi connectivity index (χ2n) is 4.48. The van der Waals surface area contributed by atoms with E-state index >= 15 is 0 Å². The lowest BCUT2D eigenvalue weighted by molar-refractivity contribution is 1.46. The zero-order valence-electron chi connectivity index (χ0n) is 10.7. The molecular weight excluding hydrogens is 244 g/mol. The van der Waals surface area contributed by atoms with Gasteiger partial charge in [-0.3, -0.25) is 0 Å². The molecule has 0 heterocycles. The van der Waals surface area contributed by atoms with Crippen molar-refractivity contribution in [2.75, 3.05) is 0 Å². The summed E-state index contributed by atoms with van der Waals surface area (Å²) in [6.45, 7) is 0. The molecule has 0 aliphatic heterocycles. The summed E-state index contributed by atoms with van der Waals surface area (Å²) in [4.78, 5) is 0. The molecule has 2 heteroatoms. The molecule has 2 nitrogen and oxygen atoms in total. The number of nitriles is 2. The molecule has 0 N–H and O–H groups in total. The number of rotatable bonds is 1. The highest BCUT2D eigenvalue weighted by Crippen LogP contribution is 2.33. The van der Waals surface area contributed by atoms with Crippen molar-refractivity contribution >= 4 is 10.8 Å². The summed E-state index contributed by atoms with van der Waals surface area (Å²) in [7, 11) is 0. The zero-order chi connectivity index (χ0) is 13.9. The molecule has 0 fully saturated rings. The first-order chi connectivity index (χ1) is 9.85. The predicted molar refractivity (Wildman–Crippen MR) is 78.8 cm³/mol. The quantitative estimate of drug-likeness (QED) is 0.651. The number of fused-ring (bicyclic) bond motifs is 1. The van der Waals surface area contributed by atoms with Crippen LogP contribution in [0.3, 0.4) is 0 Å². The fraction of sp³-hybridized carbons (Fsp3) is 0. The monoisotopic (exact) mass is 254 g/mol. The van der Waals surface area contributed by atoms with Crippen molar-refractivity contribution in [2.24, 2.45) is 0 Å². The van der Waals surface area contributed by atoms with E-state index in [0.29, 0.717) is 16.7 Å². The topological polar surface area (TPSA) is 47.6 Å².